The Morgan fingerprint density at radius 3 is 2.67 bits per heavy atom. The first kappa shape index (κ1) is 8.18. The molecule has 1 aliphatic heterocycles. The molecule has 0 amide bonds. The number of fused-ring (bicyclic) bond motifs is 1. The minimum Gasteiger partial charge on any atom is -0.122 e. The maximum atomic E-state index is 2.42. The standard InChI is InChI=1S/C11H14S/c1-8(2)11-7-9-5-3-4-6-10(9)12-11/h3-10H,1-2H3. The molecule has 64 valence electrons. The average molecular weight is 178 g/mol. The summed E-state index contributed by atoms with van der Waals surface area (Å²) in [4.78, 5) is 1.56. The first-order valence-electron chi connectivity index (χ1n) is 4.51. The van der Waals surface area contributed by atoms with Crippen LogP contribution in [0.5, 0.6) is 0 Å². The first-order chi connectivity index (χ1) is 5.77. The minimum absolute atomic E-state index is 0.664. The molecule has 1 aliphatic carbocycles. The van der Waals surface area contributed by atoms with Crippen LogP contribution in [-0.2, 0) is 0 Å². The Hall–Kier alpha value is -0.430. The molecule has 0 nitrogen and oxygen atoms in total. The molecule has 2 aliphatic rings. The molecule has 0 spiro atoms. The molecule has 1 heterocycles. The fraction of sp³-hybridized carbons (Fsp3) is 0.455. The Morgan fingerprint density at radius 2 is 2.00 bits per heavy atom. The van der Waals surface area contributed by atoms with Gasteiger partial charge in [-0.2, -0.15) is 0 Å². The summed E-state index contributed by atoms with van der Waals surface area (Å²) < 4.78 is 0. The zero-order valence-corrected chi connectivity index (χ0v) is 8.34. The molecule has 0 aromatic rings. The summed E-state index contributed by atoms with van der Waals surface area (Å²) in [6, 6.07) is 0. The van der Waals surface area contributed by atoms with Crippen molar-refractivity contribution in [1.82, 2.24) is 0 Å². The van der Waals surface area contributed by atoms with Gasteiger partial charge in [0.05, 0.1) is 0 Å². The maximum absolute atomic E-state index is 2.42. The molecule has 0 N–H and O–H groups in total. The van der Waals surface area contributed by atoms with Gasteiger partial charge in [0.15, 0.2) is 0 Å². The summed E-state index contributed by atoms with van der Waals surface area (Å²) in [5.74, 6) is 1.36. The van der Waals surface area contributed by atoms with E-state index < -0.39 is 0 Å². The number of rotatable bonds is 1. The molecule has 2 rings (SSSR count). The third kappa shape index (κ3) is 1.38. The Bertz CT molecular complexity index is 258. The molecule has 0 radical (unpaired) electrons. The molecule has 2 atom stereocenters. The van der Waals surface area contributed by atoms with Gasteiger partial charge in [0.2, 0.25) is 0 Å². The van der Waals surface area contributed by atoms with Crippen LogP contribution in [0.25, 0.3) is 0 Å². The Morgan fingerprint density at radius 1 is 1.25 bits per heavy atom. The quantitative estimate of drug-likeness (QED) is 0.593. The van der Waals surface area contributed by atoms with Crippen LogP contribution in [0, 0.1) is 11.8 Å². The van der Waals surface area contributed by atoms with Crippen molar-refractivity contribution in [3.63, 3.8) is 0 Å². The lowest BCUT2D eigenvalue weighted by atomic mass is 9.99. The summed E-state index contributed by atoms with van der Waals surface area (Å²) in [7, 11) is 0. The fourth-order valence-electron chi connectivity index (χ4n) is 1.59. The van der Waals surface area contributed by atoms with Crippen LogP contribution in [0.4, 0.5) is 0 Å². The highest BCUT2D eigenvalue weighted by atomic mass is 32.2. The third-order valence-electron chi connectivity index (χ3n) is 2.32. The van der Waals surface area contributed by atoms with E-state index in [2.05, 4.69) is 44.2 Å². The minimum atomic E-state index is 0.664. The highest BCUT2D eigenvalue weighted by molar-refractivity contribution is 8.04. The largest absolute Gasteiger partial charge is 0.122 e. The van der Waals surface area contributed by atoms with E-state index in [4.69, 9.17) is 0 Å². The summed E-state index contributed by atoms with van der Waals surface area (Å²) in [5, 5.41) is 0.687. The predicted molar refractivity (Wildman–Crippen MR) is 56.1 cm³/mol. The van der Waals surface area contributed by atoms with E-state index in [-0.39, 0.29) is 0 Å². The van der Waals surface area contributed by atoms with E-state index in [1.165, 1.54) is 0 Å². The van der Waals surface area contributed by atoms with Gasteiger partial charge in [0.1, 0.15) is 0 Å². The molecule has 0 fully saturated rings. The van der Waals surface area contributed by atoms with Gasteiger partial charge in [-0.05, 0) is 10.8 Å². The van der Waals surface area contributed by atoms with Gasteiger partial charge in [0, 0.05) is 11.2 Å². The summed E-state index contributed by atoms with van der Waals surface area (Å²) in [6.45, 7) is 4.53. The molecule has 2 unspecified atom stereocenters. The summed E-state index contributed by atoms with van der Waals surface area (Å²) in [5.41, 5.74) is 0. The van der Waals surface area contributed by atoms with E-state index in [1.807, 2.05) is 11.8 Å². The van der Waals surface area contributed by atoms with Gasteiger partial charge >= 0.3 is 0 Å². The second kappa shape index (κ2) is 3.14. The lowest BCUT2D eigenvalue weighted by molar-refractivity contribution is 0.801. The molecule has 0 aromatic heterocycles. The lowest BCUT2D eigenvalue weighted by Crippen LogP contribution is -2.07. The topological polar surface area (TPSA) is 0 Å². The fourth-order valence-corrected chi connectivity index (χ4v) is 2.90. The van der Waals surface area contributed by atoms with Crippen LogP contribution in [0.3, 0.4) is 0 Å². The number of thioether (sulfide) groups is 1. The van der Waals surface area contributed by atoms with Crippen LogP contribution >= 0.6 is 11.8 Å². The second-order valence-corrected chi connectivity index (χ2v) is 4.90. The SMILES string of the molecule is CC(C)C1=CC2C=CC=CC2S1. The number of hydrogen-bond donors (Lipinski definition) is 0. The Labute approximate surface area is 78.4 Å². The second-order valence-electron chi connectivity index (χ2n) is 3.65. The molecule has 12 heavy (non-hydrogen) atoms. The molecular formula is C11H14S. The molecule has 0 aromatic carbocycles. The molecular weight excluding hydrogens is 164 g/mol. The van der Waals surface area contributed by atoms with Crippen molar-refractivity contribution in [3.05, 3.63) is 35.3 Å². The van der Waals surface area contributed by atoms with Gasteiger partial charge in [-0.15, -0.1) is 11.8 Å². The predicted octanol–water partition coefficient (Wildman–Crippen LogP) is 3.38. The van der Waals surface area contributed by atoms with Gasteiger partial charge in [-0.3, -0.25) is 0 Å². The van der Waals surface area contributed by atoms with Gasteiger partial charge < -0.3 is 0 Å². The zero-order chi connectivity index (χ0) is 8.55. The van der Waals surface area contributed by atoms with Crippen molar-refractivity contribution in [3.8, 4) is 0 Å². The molecule has 1 heteroatoms. The zero-order valence-electron chi connectivity index (χ0n) is 7.53. The number of hydrogen-bond acceptors (Lipinski definition) is 1. The molecule has 0 saturated carbocycles. The lowest BCUT2D eigenvalue weighted by Gasteiger charge is -2.13. The van der Waals surface area contributed by atoms with E-state index in [0.29, 0.717) is 17.1 Å². The van der Waals surface area contributed by atoms with Crippen molar-refractivity contribution in [1.29, 1.82) is 0 Å². The van der Waals surface area contributed by atoms with Crippen LogP contribution in [0.1, 0.15) is 13.8 Å². The van der Waals surface area contributed by atoms with Gasteiger partial charge in [-0.1, -0.05) is 44.2 Å². The van der Waals surface area contributed by atoms with E-state index in [1.54, 1.807) is 4.91 Å². The molecule has 0 saturated heterocycles. The van der Waals surface area contributed by atoms with Gasteiger partial charge in [0.25, 0.3) is 0 Å². The normalized spacial score (nSPS) is 32.4. The average Bonchev–Trinajstić information content (AvgIpc) is 2.46. The van der Waals surface area contributed by atoms with Crippen molar-refractivity contribution in [2.24, 2.45) is 11.8 Å². The third-order valence-corrected chi connectivity index (χ3v) is 3.95. The van der Waals surface area contributed by atoms with Crippen molar-refractivity contribution >= 4 is 11.8 Å². The molecule has 0 bridgehead atoms. The van der Waals surface area contributed by atoms with Crippen LogP contribution in [0.2, 0.25) is 0 Å². The highest BCUT2D eigenvalue weighted by Crippen LogP contribution is 2.42. The van der Waals surface area contributed by atoms with Crippen LogP contribution in [-0.4, -0.2) is 5.25 Å². The first-order valence-corrected chi connectivity index (χ1v) is 5.38. The Kier molecular flexibility index (Phi) is 2.14. The van der Waals surface area contributed by atoms with Crippen LogP contribution in [0.15, 0.2) is 35.3 Å². The summed E-state index contributed by atoms with van der Waals surface area (Å²) in [6.07, 6.45) is 11.3. The van der Waals surface area contributed by atoms with Gasteiger partial charge in [-0.25, -0.2) is 0 Å². The maximum Gasteiger partial charge on any atom is 0.0372 e. The Balaban J connectivity index is 2.16. The van der Waals surface area contributed by atoms with E-state index >= 15 is 0 Å². The smallest absolute Gasteiger partial charge is 0.0372 e. The van der Waals surface area contributed by atoms with Crippen molar-refractivity contribution in [2.45, 2.75) is 19.1 Å². The highest BCUT2D eigenvalue weighted by Gasteiger charge is 2.26. The van der Waals surface area contributed by atoms with Crippen LogP contribution < -0.4 is 0 Å². The van der Waals surface area contributed by atoms with Crippen molar-refractivity contribution in [2.75, 3.05) is 0 Å². The van der Waals surface area contributed by atoms with E-state index in [9.17, 15) is 0 Å². The monoisotopic (exact) mass is 178 g/mol. The number of allylic oxidation sites excluding steroid dienone is 5. The van der Waals surface area contributed by atoms with E-state index in [0.717, 1.165) is 0 Å². The summed E-state index contributed by atoms with van der Waals surface area (Å²) >= 11 is 2.03. The van der Waals surface area contributed by atoms with Crippen molar-refractivity contribution < 1.29 is 0 Å².